The maximum Gasteiger partial charge on any atom is 0.292 e. The fraction of sp³-hybridized carbons (Fsp3) is 0.308. The molecule has 12 nitrogen and oxygen atoms in total. The predicted octanol–water partition coefficient (Wildman–Crippen LogP) is 2.87. The quantitative estimate of drug-likeness (QED) is 0.253. The number of benzene rings is 2. The van der Waals surface area contributed by atoms with Crippen molar-refractivity contribution >= 4 is 17.9 Å². The zero-order valence-electron chi connectivity index (χ0n) is 21.1. The molecular formula is C26H29N9O3. The number of likely N-dealkylation sites (tertiary alicyclic amines) is 1. The Balaban J connectivity index is 1.25. The lowest BCUT2D eigenvalue weighted by atomic mass is 10.1. The van der Waals surface area contributed by atoms with E-state index in [1.165, 1.54) is 16.7 Å². The Labute approximate surface area is 219 Å². The Morgan fingerprint density at radius 3 is 2.71 bits per heavy atom. The molecule has 1 fully saturated rings. The van der Waals surface area contributed by atoms with Crippen molar-refractivity contribution in [1.82, 2.24) is 35.6 Å². The molecule has 0 atom stereocenters. The molecule has 1 aliphatic rings. The lowest BCUT2D eigenvalue weighted by Crippen LogP contribution is -2.31. The van der Waals surface area contributed by atoms with Crippen LogP contribution in [0.2, 0.25) is 0 Å². The molecule has 0 saturated carbocycles. The normalized spacial score (nSPS) is 14.1. The average molecular weight is 516 g/mol. The summed E-state index contributed by atoms with van der Waals surface area (Å²) in [5.41, 5.74) is 12.2. The number of carbonyl (C=O) groups excluding carboxylic acids is 1. The monoisotopic (exact) mass is 515 g/mol. The maximum absolute atomic E-state index is 13.2. The molecule has 0 bridgehead atoms. The average Bonchev–Trinajstić information content (AvgIpc) is 3.54. The van der Waals surface area contributed by atoms with Gasteiger partial charge in [0, 0.05) is 6.54 Å². The van der Waals surface area contributed by atoms with Crippen LogP contribution in [0.3, 0.4) is 0 Å². The second kappa shape index (κ2) is 11.6. The van der Waals surface area contributed by atoms with E-state index in [9.17, 15) is 4.79 Å². The largest absolute Gasteiger partial charge is 0.489 e. The summed E-state index contributed by atoms with van der Waals surface area (Å²) in [7, 11) is 0. The van der Waals surface area contributed by atoms with Gasteiger partial charge in [0.1, 0.15) is 18.1 Å². The Bertz CT molecular complexity index is 1410. The molecule has 12 heteroatoms. The number of hydrazone groups is 1. The Morgan fingerprint density at radius 1 is 1.16 bits per heavy atom. The molecule has 2 aromatic heterocycles. The van der Waals surface area contributed by atoms with Crippen molar-refractivity contribution in [3.63, 3.8) is 0 Å². The highest BCUT2D eigenvalue weighted by atomic mass is 16.6. The van der Waals surface area contributed by atoms with Gasteiger partial charge in [0.2, 0.25) is 11.6 Å². The molecule has 38 heavy (non-hydrogen) atoms. The van der Waals surface area contributed by atoms with E-state index in [4.69, 9.17) is 15.1 Å². The van der Waals surface area contributed by atoms with E-state index >= 15 is 0 Å². The van der Waals surface area contributed by atoms with Gasteiger partial charge in [0.05, 0.1) is 6.21 Å². The molecule has 4 aromatic rings. The highest BCUT2D eigenvalue weighted by molar-refractivity contribution is 5.95. The third-order valence-electron chi connectivity index (χ3n) is 6.22. The third-order valence-corrected chi connectivity index (χ3v) is 6.22. The highest BCUT2D eigenvalue weighted by Gasteiger charge is 2.26. The van der Waals surface area contributed by atoms with Crippen LogP contribution in [0.1, 0.15) is 52.1 Å². The van der Waals surface area contributed by atoms with E-state index in [1.807, 2.05) is 36.4 Å². The fourth-order valence-corrected chi connectivity index (χ4v) is 4.30. The number of nitrogen functional groups attached to an aromatic ring is 1. The lowest BCUT2D eigenvalue weighted by molar-refractivity contribution is 0.0944. The van der Waals surface area contributed by atoms with E-state index < -0.39 is 5.91 Å². The second-order valence-electron chi connectivity index (χ2n) is 9.15. The van der Waals surface area contributed by atoms with Gasteiger partial charge >= 0.3 is 0 Å². The number of piperidine rings is 1. The number of amides is 1. The van der Waals surface area contributed by atoms with Gasteiger partial charge in [-0.3, -0.25) is 9.69 Å². The summed E-state index contributed by atoms with van der Waals surface area (Å²) in [6.45, 7) is 4.88. The first kappa shape index (κ1) is 25.1. The number of carbonyl (C=O) groups is 1. The number of rotatable bonds is 9. The molecule has 196 valence electrons. The summed E-state index contributed by atoms with van der Waals surface area (Å²) in [6, 6.07) is 15.6. The molecule has 1 amide bonds. The first-order valence-corrected chi connectivity index (χ1v) is 12.4. The van der Waals surface area contributed by atoms with Crippen LogP contribution in [0.4, 0.5) is 5.82 Å². The standard InChI is InChI=1S/C26H29N9O3/c1-18-6-5-7-20(14-18)17-37-21-10-8-19(9-11-21)15-28-30-26(36)23-22(16-34-12-3-2-4-13-34)29-33-35(23)25-24(27)31-38-32-25/h5-11,14-15H,2-4,12-13,16-17H2,1H3,(H2,27,31)(H,30,36)/b28-15+. The molecule has 0 unspecified atom stereocenters. The van der Waals surface area contributed by atoms with Crippen molar-refractivity contribution in [2.24, 2.45) is 5.10 Å². The van der Waals surface area contributed by atoms with Crippen LogP contribution in [0.25, 0.3) is 5.82 Å². The number of aryl methyl sites for hydroxylation is 1. The number of nitrogens with one attached hydrogen (secondary N) is 1. The van der Waals surface area contributed by atoms with Gasteiger partial charge in [0.15, 0.2) is 5.69 Å². The number of hydrogen-bond acceptors (Lipinski definition) is 10. The third kappa shape index (κ3) is 6.03. The summed E-state index contributed by atoms with van der Waals surface area (Å²) in [4.78, 5) is 15.4. The number of nitrogens with zero attached hydrogens (tertiary/aromatic N) is 7. The van der Waals surface area contributed by atoms with Gasteiger partial charge in [-0.25, -0.2) is 10.1 Å². The Morgan fingerprint density at radius 2 is 1.97 bits per heavy atom. The number of anilines is 1. The van der Waals surface area contributed by atoms with E-state index in [1.54, 1.807) is 6.21 Å². The van der Waals surface area contributed by atoms with Gasteiger partial charge in [-0.2, -0.15) is 9.78 Å². The zero-order chi connectivity index (χ0) is 26.3. The smallest absolute Gasteiger partial charge is 0.292 e. The van der Waals surface area contributed by atoms with Crippen LogP contribution in [-0.4, -0.2) is 55.4 Å². The molecule has 0 radical (unpaired) electrons. The lowest BCUT2D eigenvalue weighted by Gasteiger charge is -2.25. The summed E-state index contributed by atoms with van der Waals surface area (Å²) in [6.07, 6.45) is 4.96. The molecule has 0 aliphatic carbocycles. The predicted molar refractivity (Wildman–Crippen MR) is 140 cm³/mol. The van der Waals surface area contributed by atoms with E-state index in [-0.39, 0.29) is 17.3 Å². The van der Waals surface area contributed by atoms with Crippen LogP contribution in [0.5, 0.6) is 5.75 Å². The minimum atomic E-state index is -0.501. The van der Waals surface area contributed by atoms with Crippen molar-refractivity contribution in [2.45, 2.75) is 39.3 Å². The first-order chi connectivity index (χ1) is 18.6. The molecule has 0 spiro atoms. The van der Waals surface area contributed by atoms with Gasteiger partial charge in [-0.15, -0.1) is 5.10 Å². The number of nitrogens with two attached hydrogens (primary N) is 1. The number of aromatic nitrogens is 5. The maximum atomic E-state index is 13.2. The van der Waals surface area contributed by atoms with Gasteiger partial charge < -0.3 is 10.5 Å². The molecule has 3 heterocycles. The van der Waals surface area contributed by atoms with Gasteiger partial charge in [-0.05, 0) is 78.6 Å². The van der Waals surface area contributed by atoms with Crippen molar-refractivity contribution in [3.05, 3.63) is 76.6 Å². The molecule has 5 rings (SSSR count). The Hall–Kier alpha value is -4.58. The highest BCUT2D eigenvalue weighted by Crippen LogP contribution is 2.19. The summed E-state index contributed by atoms with van der Waals surface area (Å²) < 4.78 is 11.8. The van der Waals surface area contributed by atoms with E-state index in [0.717, 1.165) is 42.8 Å². The van der Waals surface area contributed by atoms with Crippen LogP contribution >= 0.6 is 0 Å². The SMILES string of the molecule is Cc1cccc(COc2ccc(/C=N/NC(=O)c3c(CN4CCCCC4)nnn3-c3nonc3N)cc2)c1. The molecule has 1 saturated heterocycles. The van der Waals surface area contributed by atoms with Crippen molar-refractivity contribution < 1.29 is 14.2 Å². The van der Waals surface area contributed by atoms with E-state index in [2.05, 4.69) is 55.1 Å². The first-order valence-electron chi connectivity index (χ1n) is 12.4. The van der Waals surface area contributed by atoms with Crippen molar-refractivity contribution in [3.8, 4) is 11.6 Å². The second-order valence-corrected chi connectivity index (χ2v) is 9.15. The summed E-state index contributed by atoms with van der Waals surface area (Å²) >= 11 is 0. The number of hydrogen-bond donors (Lipinski definition) is 2. The van der Waals surface area contributed by atoms with Crippen molar-refractivity contribution in [1.29, 1.82) is 0 Å². The molecule has 1 aliphatic heterocycles. The molecule has 2 aromatic carbocycles. The summed E-state index contributed by atoms with van der Waals surface area (Å²) in [5.74, 6) is 0.335. The van der Waals surface area contributed by atoms with Crippen LogP contribution in [0, 0.1) is 6.92 Å². The molecular weight excluding hydrogens is 486 g/mol. The van der Waals surface area contributed by atoms with Crippen LogP contribution in [0.15, 0.2) is 58.3 Å². The topological polar surface area (TPSA) is 150 Å². The minimum absolute atomic E-state index is 0.00156. The summed E-state index contributed by atoms with van der Waals surface area (Å²) in [5, 5.41) is 19.8. The van der Waals surface area contributed by atoms with Crippen molar-refractivity contribution in [2.75, 3.05) is 18.8 Å². The molecule has 3 N–H and O–H groups in total. The van der Waals surface area contributed by atoms with Crippen LogP contribution in [-0.2, 0) is 13.2 Å². The van der Waals surface area contributed by atoms with E-state index in [0.29, 0.717) is 18.8 Å². The van der Waals surface area contributed by atoms with Gasteiger partial charge in [-0.1, -0.05) is 41.5 Å². The number of ether oxygens (including phenoxy) is 1. The minimum Gasteiger partial charge on any atom is -0.489 e. The zero-order valence-corrected chi connectivity index (χ0v) is 21.1. The van der Waals surface area contributed by atoms with Crippen LogP contribution < -0.4 is 15.9 Å². The van der Waals surface area contributed by atoms with Gasteiger partial charge in [0.25, 0.3) is 5.91 Å². The Kier molecular flexibility index (Phi) is 7.69. The fourth-order valence-electron chi connectivity index (χ4n) is 4.30.